The van der Waals surface area contributed by atoms with Crippen LogP contribution in [0.5, 0.6) is 0 Å². The summed E-state index contributed by atoms with van der Waals surface area (Å²) >= 11 is 0. The lowest BCUT2D eigenvalue weighted by molar-refractivity contribution is 0.0810. The lowest BCUT2D eigenvalue weighted by Crippen LogP contribution is -2.21. The molecule has 0 heterocycles. The maximum Gasteiger partial charge on any atom is 0.0594 e. The minimum absolute atomic E-state index is 0.349. The van der Waals surface area contributed by atoms with E-state index in [1.54, 1.807) is 0 Å². The van der Waals surface area contributed by atoms with Crippen molar-refractivity contribution in [2.45, 2.75) is 33.3 Å². The third-order valence-corrected chi connectivity index (χ3v) is 1.45. The van der Waals surface area contributed by atoms with Crippen LogP contribution in [0.15, 0.2) is 12.2 Å². The minimum Gasteiger partial charge on any atom is -0.377 e. The molecule has 2 heteroatoms. The molecule has 0 aromatic rings. The second-order valence-corrected chi connectivity index (χ2v) is 3.03. The van der Waals surface area contributed by atoms with E-state index in [4.69, 9.17) is 4.74 Å². The van der Waals surface area contributed by atoms with Crippen LogP contribution in [-0.2, 0) is 4.74 Å². The normalized spacial score (nSPS) is 11.7. The molecule has 0 atom stereocenters. The molecule has 0 aliphatic carbocycles. The summed E-state index contributed by atoms with van der Waals surface area (Å²) in [4.78, 5) is 0. The van der Waals surface area contributed by atoms with Crippen molar-refractivity contribution in [3.8, 4) is 0 Å². The van der Waals surface area contributed by atoms with Crippen molar-refractivity contribution in [3.05, 3.63) is 12.2 Å². The molecule has 0 saturated carbocycles. The number of rotatable bonds is 7. The van der Waals surface area contributed by atoms with Crippen molar-refractivity contribution >= 4 is 0 Å². The maximum absolute atomic E-state index is 5.37. The summed E-state index contributed by atoms with van der Waals surface area (Å²) in [6, 6.07) is 0. The number of hydrogen-bond acceptors (Lipinski definition) is 2. The van der Waals surface area contributed by atoms with Gasteiger partial charge in [-0.1, -0.05) is 12.2 Å². The first-order chi connectivity index (χ1) is 5.77. The van der Waals surface area contributed by atoms with E-state index in [0.29, 0.717) is 6.10 Å². The Bertz CT molecular complexity index is 110. The van der Waals surface area contributed by atoms with Crippen molar-refractivity contribution in [2.24, 2.45) is 0 Å². The fourth-order valence-electron chi connectivity index (χ4n) is 0.844. The first-order valence-corrected chi connectivity index (χ1v) is 4.71. The van der Waals surface area contributed by atoms with Crippen LogP contribution in [0.3, 0.4) is 0 Å². The summed E-state index contributed by atoms with van der Waals surface area (Å²) in [6.07, 6.45) is 5.70. The topological polar surface area (TPSA) is 21.3 Å². The van der Waals surface area contributed by atoms with Crippen molar-refractivity contribution in [1.29, 1.82) is 0 Å². The molecule has 0 spiro atoms. The van der Waals surface area contributed by atoms with Gasteiger partial charge in [-0.2, -0.15) is 0 Å². The highest BCUT2D eigenvalue weighted by Gasteiger charge is 1.90. The molecule has 0 fully saturated rings. The highest BCUT2D eigenvalue weighted by molar-refractivity contribution is 4.77. The minimum atomic E-state index is 0.349. The van der Waals surface area contributed by atoms with Gasteiger partial charge >= 0.3 is 0 Å². The molecule has 0 aliphatic rings. The number of allylic oxidation sites excluding steroid dienone is 1. The molecular formula is C10H21NO. The zero-order chi connectivity index (χ0) is 9.23. The largest absolute Gasteiger partial charge is 0.377 e. The van der Waals surface area contributed by atoms with E-state index < -0.39 is 0 Å². The first kappa shape index (κ1) is 11.7. The second kappa shape index (κ2) is 8.75. The number of nitrogens with one attached hydrogen (secondary N) is 1. The molecule has 12 heavy (non-hydrogen) atoms. The van der Waals surface area contributed by atoms with Crippen LogP contribution in [-0.4, -0.2) is 25.8 Å². The van der Waals surface area contributed by atoms with E-state index in [-0.39, 0.29) is 0 Å². The molecule has 0 aliphatic heterocycles. The number of hydrogen-bond donors (Lipinski definition) is 1. The van der Waals surface area contributed by atoms with Crippen molar-refractivity contribution < 1.29 is 4.74 Å². The SMILES string of the molecule is C/C=C/CCNCCOC(C)C. The Morgan fingerprint density at radius 2 is 2.08 bits per heavy atom. The van der Waals surface area contributed by atoms with E-state index in [2.05, 4.69) is 31.3 Å². The zero-order valence-corrected chi connectivity index (χ0v) is 8.47. The maximum atomic E-state index is 5.37. The van der Waals surface area contributed by atoms with Crippen LogP contribution in [0, 0.1) is 0 Å². The molecule has 0 unspecified atom stereocenters. The Morgan fingerprint density at radius 3 is 2.67 bits per heavy atom. The Morgan fingerprint density at radius 1 is 1.33 bits per heavy atom. The predicted molar refractivity (Wildman–Crippen MR) is 53.4 cm³/mol. The van der Waals surface area contributed by atoms with Gasteiger partial charge in [0.05, 0.1) is 12.7 Å². The lowest BCUT2D eigenvalue weighted by atomic mass is 10.4. The highest BCUT2D eigenvalue weighted by Crippen LogP contribution is 1.85. The fraction of sp³-hybridized carbons (Fsp3) is 0.800. The van der Waals surface area contributed by atoms with Crippen LogP contribution in [0.25, 0.3) is 0 Å². The molecule has 0 aromatic heterocycles. The summed E-state index contributed by atoms with van der Waals surface area (Å²) < 4.78 is 5.37. The van der Waals surface area contributed by atoms with Gasteiger partial charge in [-0.15, -0.1) is 0 Å². The van der Waals surface area contributed by atoms with Crippen molar-refractivity contribution in [2.75, 3.05) is 19.7 Å². The molecule has 0 aromatic carbocycles. The Hall–Kier alpha value is -0.340. The van der Waals surface area contributed by atoms with Crippen molar-refractivity contribution in [1.82, 2.24) is 5.32 Å². The Labute approximate surface area is 76.0 Å². The van der Waals surface area contributed by atoms with Gasteiger partial charge in [0.2, 0.25) is 0 Å². The Balaban J connectivity index is 2.91. The molecule has 0 saturated heterocycles. The number of ether oxygens (including phenoxy) is 1. The molecule has 1 N–H and O–H groups in total. The highest BCUT2D eigenvalue weighted by atomic mass is 16.5. The summed E-state index contributed by atoms with van der Waals surface area (Å²) in [7, 11) is 0. The van der Waals surface area contributed by atoms with Crippen molar-refractivity contribution in [3.63, 3.8) is 0 Å². The van der Waals surface area contributed by atoms with Crippen LogP contribution in [0.4, 0.5) is 0 Å². The van der Waals surface area contributed by atoms with Crippen LogP contribution in [0.1, 0.15) is 27.2 Å². The second-order valence-electron chi connectivity index (χ2n) is 3.03. The third-order valence-electron chi connectivity index (χ3n) is 1.45. The van der Waals surface area contributed by atoms with E-state index >= 15 is 0 Å². The van der Waals surface area contributed by atoms with E-state index in [9.17, 15) is 0 Å². The van der Waals surface area contributed by atoms with Gasteiger partial charge in [0.1, 0.15) is 0 Å². The fourth-order valence-corrected chi connectivity index (χ4v) is 0.844. The molecule has 2 nitrogen and oxygen atoms in total. The average Bonchev–Trinajstić information content (AvgIpc) is 2.02. The van der Waals surface area contributed by atoms with Gasteiger partial charge in [0.15, 0.2) is 0 Å². The standard InChI is InChI=1S/C10H21NO/c1-4-5-6-7-11-8-9-12-10(2)3/h4-5,10-11H,6-9H2,1-3H3/b5-4+. The molecule has 0 bridgehead atoms. The van der Waals surface area contributed by atoms with E-state index in [1.807, 2.05) is 6.92 Å². The predicted octanol–water partition coefficient (Wildman–Crippen LogP) is 1.97. The van der Waals surface area contributed by atoms with Gasteiger partial charge in [-0.25, -0.2) is 0 Å². The first-order valence-electron chi connectivity index (χ1n) is 4.71. The summed E-state index contributed by atoms with van der Waals surface area (Å²) in [5.41, 5.74) is 0. The summed E-state index contributed by atoms with van der Waals surface area (Å²) in [5.74, 6) is 0. The zero-order valence-electron chi connectivity index (χ0n) is 8.47. The molecular weight excluding hydrogens is 150 g/mol. The smallest absolute Gasteiger partial charge is 0.0594 e. The molecule has 0 amide bonds. The van der Waals surface area contributed by atoms with Gasteiger partial charge in [0, 0.05) is 6.54 Å². The van der Waals surface area contributed by atoms with Gasteiger partial charge in [-0.05, 0) is 33.7 Å². The van der Waals surface area contributed by atoms with Gasteiger partial charge in [-0.3, -0.25) is 0 Å². The van der Waals surface area contributed by atoms with Crippen LogP contribution < -0.4 is 5.32 Å². The summed E-state index contributed by atoms with van der Waals surface area (Å²) in [5, 5.41) is 3.30. The Kier molecular flexibility index (Phi) is 8.51. The van der Waals surface area contributed by atoms with Crippen LogP contribution in [0.2, 0.25) is 0 Å². The monoisotopic (exact) mass is 171 g/mol. The molecule has 72 valence electrons. The van der Waals surface area contributed by atoms with Gasteiger partial charge < -0.3 is 10.1 Å². The lowest BCUT2D eigenvalue weighted by Gasteiger charge is -2.07. The van der Waals surface area contributed by atoms with E-state index in [1.165, 1.54) is 0 Å². The quantitative estimate of drug-likeness (QED) is 0.467. The van der Waals surface area contributed by atoms with Crippen LogP contribution >= 0.6 is 0 Å². The third kappa shape index (κ3) is 9.66. The molecule has 0 radical (unpaired) electrons. The summed E-state index contributed by atoms with van der Waals surface area (Å²) in [6.45, 7) is 8.97. The average molecular weight is 171 g/mol. The molecule has 0 rings (SSSR count). The van der Waals surface area contributed by atoms with E-state index in [0.717, 1.165) is 26.1 Å². The van der Waals surface area contributed by atoms with Gasteiger partial charge in [0.25, 0.3) is 0 Å².